The summed E-state index contributed by atoms with van der Waals surface area (Å²) in [7, 11) is 1.82. The summed E-state index contributed by atoms with van der Waals surface area (Å²) in [4.78, 5) is 0. The van der Waals surface area contributed by atoms with E-state index >= 15 is 0 Å². The molecule has 0 aliphatic carbocycles. The van der Waals surface area contributed by atoms with E-state index in [1.54, 1.807) is 12.1 Å². The van der Waals surface area contributed by atoms with Crippen molar-refractivity contribution in [2.24, 2.45) is 0 Å². The topological polar surface area (TPSA) is 25.2 Å². The molecule has 0 bridgehead atoms. The SMILES string of the molecule is CCC(Cc1cc2ccoc2c(F)c1F)NC. The van der Waals surface area contributed by atoms with Crippen LogP contribution in [0.15, 0.2) is 22.8 Å². The van der Waals surface area contributed by atoms with Gasteiger partial charge in [-0.3, -0.25) is 0 Å². The standard InChI is InChI=1S/C13H15F2NO/c1-3-10(16-2)7-9-6-8-4-5-17-13(8)12(15)11(9)14/h4-6,10,16H,3,7H2,1-2H3. The van der Waals surface area contributed by atoms with Crippen molar-refractivity contribution in [3.63, 3.8) is 0 Å². The molecule has 1 N–H and O–H groups in total. The maximum atomic E-state index is 13.8. The Bertz CT molecular complexity index is 517. The van der Waals surface area contributed by atoms with Crippen LogP contribution in [-0.2, 0) is 6.42 Å². The van der Waals surface area contributed by atoms with Gasteiger partial charge in [-0.15, -0.1) is 0 Å². The Kier molecular flexibility index (Phi) is 3.43. The second-order valence-corrected chi connectivity index (χ2v) is 4.10. The fourth-order valence-electron chi connectivity index (χ4n) is 1.97. The van der Waals surface area contributed by atoms with Crippen molar-refractivity contribution in [3.05, 3.63) is 35.6 Å². The van der Waals surface area contributed by atoms with Gasteiger partial charge in [0.25, 0.3) is 0 Å². The number of furan rings is 1. The van der Waals surface area contributed by atoms with E-state index in [1.807, 2.05) is 14.0 Å². The summed E-state index contributed by atoms with van der Waals surface area (Å²) in [5, 5.41) is 3.68. The predicted octanol–water partition coefficient (Wildman–Crippen LogP) is 3.25. The Morgan fingerprint density at radius 3 is 2.76 bits per heavy atom. The Labute approximate surface area is 98.6 Å². The van der Waals surface area contributed by atoms with Crippen molar-refractivity contribution in [3.8, 4) is 0 Å². The van der Waals surface area contributed by atoms with Gasteiger partial charge in [0.15, 0.2) is 11.4 Å². The van der Waals surface area contributed by atoms with Crippen molar-refractivity contribution in [2.75, 3.05) is 7.05 Å². The summed E-state index contributed by atoms with van der Waals surface area (Å²) in [6, 6.07) is 3.44. The number of nitrogens with one attached hydrogen (secondary N) is 1. The Balaban J connectivity index is 2.43. The van der Waals surface area contributed by atoms with Gasteiger partial charge in [0.1, 0.15) is 0 Å². The molecule has 1 aromatic carbocycles. The van der Waals surface area contributed by atoms with Crippen molar-refractivity contribution in [2.45, 2.75) is 25.8 Å². The monoisotopic (exact) mass is 239 g/mol. The van der Waals surface area contributed by atoms with Gasteiger partial charge in [0.2, 0.25) is 5.82 Å². The second kappa shape index (κ2) is 4.84. The molecule has 1 aromatic heterocycles. The third kappa shape index (κ3) is 2.17. The fourth-order valence-corrected chi connectivity index (χ4v) is 1.97. The molecule has 1 heterocycles. The summed E-state index contributed by atoms with van der Waals surface area (Å²) < 4.78 is 32.4. The molecule has 2 nitrogen and oxygen atoms in total. The summed E-state index contributed by atoms with van der Waals surface area (Å²) in [6.45, 7) is 2.01. The second-order valence-electron chi connectivity index (χ2n) is 4.10. The lowest BCUT2D eigenvalue weighted by Gasteiger charge is -2.14. The maximum Gasteiger partial charge on any atom is 0.202 e. The normalized spacial score (nSPS) is 13.2. The minimum Gasteiger partial charge on any atom is -0.461 e. The molecule has 17 heavy (non-hydrogen) atoms. The van der Waals surface area contributed by atoms with Crippen molar-refractivity contribution in [1.29, 1.82) is 0 Å². The molecule has 0 aliphatic rings. The summed E-state index contributed by atoms with van der Waals surface area (Å²) in [5.74, 6) is -1.70. The molecule has 0 saturated carbocycles. The quantitative estimate of drug-likeness (QED) is 0.886. The molecule has 92 valence electrons. The van der Waals surface area contributed by atoms with Crippen LogP contribution in [0.5, 0.6) is 0 Å². The molecule has 0 spiro atoms. The van der Waals surface area contributed by atoms with Crippen molar-refractivity contribution >= 4 is 11.0 Å². The molecule has 4 heteroatoms. The van der Waals surface area contributed by atoms with Gasteiger partial charge >= 0.3 is 0 Å². The molecule has 1 atom stereocenters. The van der Waals surface area contributed by atoms with Gasteiger partial charge in [-0.2, -0.15) is 4.39 Å². The number of benzene rings is 1. The molecule has 2 rings (SSSR count). The highest BCUT2D eigenvalue weighted by Crippen LogP contribution is 2.25. The first-order valence-electron chi connectivity index (χ1n) is 5.68. The largest absolute Gasteiger partial charge is 0.461 e. The molecule has 1 unspecified atom stereocenters. The molecular formula is C13H15F2NO. The lowest BCUT2D eigenvalue weighted by atomic mass is 10.0. The first kappa shape index (κ1) is 12.0. The smallest absolute Gasteiger partial charge is 0.202 e. The fraction of sp³-hybridized carbons (Fsp3) is 0.385. The molecule has 0 saturated heterocycles. The van der Waals surface area contributed by atoms with E-state index in [2.05, 4.69) is 5.32 Å². The number of hydrogen-bond donors (Lipinski definition) is 1. The van der Waals surface area contributed by atoms with Gasteiger partial charge < -0.3 is 9.73 Å². The average Bonchev–Trinajstić information content (AvgIpc) is 2.80. The van der Waals surface area contributed by atoms with Crippen LogP contribution in [0, 0.1) is 11.6 Å². The minimum absolute atomic E-state index is 0.0104. The Hall–Kier alpha value is -1.42. The zero-order valence-electron chi connectivity index (χ0n) is 9.89. The molecule has 0 fully saturated rings. The lowest BCUT2D eigenvalue weighted by molar-refractivity contribution is 0.470. The molecular weight excluding hydrogens is 224 g/mol. The van der Waals surface area contributed by atoms with Crippen LogP contribution in [0.25, 0.3) is 11.0 Å². The van der Waals surface area contributed by atoms with Crippen LogP contribution in [-0.4, -0.2) is 13.1 Å². The highest BCUT2D eigenvalue weighted by Gasteiger charge is 2.17. The van der Waals surface area contributed by atoms with Gasteiger partial charge in [-0.05, 0) is 37.6 Å². The summed E-state index contributed by atoms with van der Waals surface area (Å²) in [5.41, 5.74) is 0.376. The van der Waals surface area contributed by atoms with Crippen LogP contribution in [0.4, 0.5) is 8.78 Å². The summed E-state index contributed by atoms with van der Waals surface area (Å²) in [6.07, 6.45) is 2.70. The van der Waals surface area contributed by atoms with Crippen LogP contribution < -0.4 is 5.32 Å². The molecule has 0 aliphatic heterocycles. The van der Waals surface area contributed by atoms with E-state index in [0.29, 0.717) is 17.4 Å². The van der Waals surface area contributed by atoms with Crippen LogP contribution in [0.1, 0.15) is 18.9 Å². The van der Waals surface area contributed by atoms with Crippen molar-refractivity contribution in [1.82, 2.24) is 5.32 Å². The average molecular weight is 239 g/mol. The van der Waals surface area contributed by atoms with E-state index in [1.165, 1.54) is 6.26 Å². The van der Waals surface area contributed by atoms with E-state index in [4.69, 9.17) is 4.42 Å². The van der Waals surface area contributed by atoms with E-state index in [-0.39, 0.29) is 11.6 Å². The number of rotatable bonds is 4. The van der Waals surface area contributed by atoms with E-state index in [9.17, 15) is 8.78 Å². The zero-order chi connectivity index (χ0) is 12.4. The van der Waals surface area contributed by atoms with Crippen LogP contribution >= 0.6 is 0 Å². The minimum atomic E-state index is -0.895. The number of halogens is 2. The first-order chi connectivity index (χ1) is 8.17. The van der Waals surface area contributed by atoms with Crippen LogP contribution in [0.2, 0.25) is 0 Å². The third-order valence-electron chi connectivity index (χ3n) is 3.07. The van der Waals surface area contributed by atoms with Crippen molar-refractivity contribution < 1.29 is 13.2 Å². The lowest BCUT2D eigenvalue weighted by Crippen LogP contribution is -2.27. The first-order valence-corrected chi connectivity index (χ1v) is 5.68. The molecule has 0 radical (unpaired) electrons. The Morgan fingerprint density at radius 2 is 2.12 bits per heavy atom. The molecule has 2 aromatic rings. The van der Waals surface area contributed by atoms with Gasteiger partial charge in [0, 0.05) is 11.4 Å². The number of likely N-dealkylation sites (N-methyl/N-ethyl adjacent to an activating group) is 1. The number of fused-ring (bicyclic) bond motifs is 1. The maximum absolute atomic E-state index is 13.8. The van der Waals surface area contributed by atoms with E-state index in [0.717, 1.165) is 6.42 Å². The zero-order valence-corrected chi connectivity index (χ0v) is 9.89. The van der Waals surface area contributed by atoms with Gasteiger partial charge in [0.05, 0.1) is 6.26 Å². The Morgan fingerprint density at radius 1 is 1.35 bits per heavy atom. The molecule has 0 amide bonds. The number of hydrogen-bond acceptors (Lipinski definition) is 2. The highest BCUT2D eigenvalue weighted by molar-refractivity contribution is 5.78. The summed E-state index contributed by atoms with van der Waals surface area (Å²) >= 11 is 0. The van der Waals surface area contributed by atoms with Gasteiger partial charge in [-0.25, -0.2) is 4.39 Å². The predicted molar refractivity (Wildman–Crippen MR) is 63.0 cm³/mol. The van der Waals surface area contributed by atoms with Gasteiger partial charge in [-0.1, -0.05) is 6.92 Å². The van der Waals surface area contributed by atoms with Crippen LogP contribution in [0.3, 0.4) is 0 Å². The third-order valence-corrected chi connectivity index (χ3v) is 3.07. The highest BCUT2D eigenvalue weighted by atomic mass is 19.2. The van der Waals surface area contributed by atoms with E-state index < -0.39 is 11.6 Å².